The Labute approximate surface area is 65.8 Å². The third-order valence-electron chi connectivity index (χ3n) is 0.760. The molecule has 0 N–H and O–H groups in total. The van der Waals surface area contributed by atoms with Gasteiger partial charge in [-0.2, -0.15) is 0 Å². The second-order valence-corrected chi connectivity index (χ2v) is 3.25. The number of carbonyl (C=O) groups excluding carboxylic acids is 1. The van der Waals surface area contributed by atoms with Gasteiger partial charge >= 0.3 is 5.43 Å². The van der Waals surface area contributed by atoms with Crippen LogP contribution in [0.15, 0.2) is 0 Å². The normalized spacial score (nSPS) is 15.9. The molecule has 60 valence electrons. The minimum Gasteiger partial charge on any atom is -0.772 e. The fraction of sp³-hybridized carbons (Fsp3) is 0.750. The highest BCUT2D eigenvalue weighted by Gasteiger charge is 2.03. The first-order valence-electron chi connectivity index (χ1n) is 2.44. The zero-order chi connectivity index (χ0) is 8.15. The lowest BCUT2D eigenvalue weighted by molar-refractivity contribution is 0.174. The number of hydrogen-bond donors (Lipinski definition) is 0. The van der Waals surface area contributed by atoms with Gasteiger partial charge in [-0.15, -0.1) is 0 Å². The largest absolute Gasteiger partial charge is 0.772 e. The summed E-state index contributed by atoms with van der Waals surface area (Å²) in [6.07, 6.45) is 0. The lowest BCUT2D eigenvalue weighted by Gasteiger charge is -2.12. The van der Waals surface area contributed by atoms with Crippen molar-refractivity contribution in [2.45, 2.75) is 12.2 Å². The van der Waals surface area contributed by atoms with Crippen molar-refractivity contribution in [3.63, 3.8) is 0 Å². The molecule has 0 aliphatic heterocycles. The third-order valence-corrected chi connectivity index (χ3v) is 1.66. The highest BCUT2D eigenvalue weighted by molar-refractivity contribution is 7.79. The van der Waals surface area contributed by atoms with Gasteiger partial charge in [0.1, 0.15) is 6.61 Å². The minimum absolute atomic E-state index is 0.196. The van der Waals surface area contributed by atoms with Crippen LogP contribution in [-0.2, 0) is 15.8 Å². The van der Waals surface area contributed by atoms with Crippen LogP contribution in [0.2, 0.25) is 0 Å². The maximum atomic E-state index is 10.1. The van der Waals surface area contributed by atoms with Gasteiger partial charge in [-0.25, -0.2) is 4.79 Å². The van der Waals surface area contributed by atoms with E-state index in [0.29, 0.717) is 0 Å². The highest BCUT2D eigenvalue weighted by Crippen LogP contribution is 1.95. The Hall–Kier alpha value is -0.130. The molecule has 0 fully saturated rings. The van der Waals surface area contributed by atoms with Crippen LogP contribution >= 0.6 is 11.6 Å². The average Bonchev–Trinajstić information content (AvgIpc) is 1.82. The summed E-state index contributed by atoms with van der Waals surface area (Å²) < 4.78 is 24.4. The first-order valence-corrected chi connectivity index (χ1v) is 3.96. The quantitative estimate of drug-likeness (QED) is 0.478. The van der Waals surface area contributed by atoms with E-state index in [1.807, 2.05) is 0 Å². The van der Waals surface area contributed by atoms with Crippen LogP contribution in [0.3, 0.4) is 0 Å². The number of carbonyl (C=O) groups is 1. The Kier molecular flexibility index (Phi) is 4.59. The van der Waals surface area contributed by atoms with Crippen LogP contribution in [0.4, 0.5) is 4.79 Å². The first kappa shape index (κ1) is 9.87. The average molecular weight is 186 g/mol. The van der Waals surface area contributed by atoms with Crippen LogP contribution in [0.25, 0.3) is 0 Å². The van der Waals surface area contributed by atoms with Crippen LogP contribution in [-0.4, -0.2) is 26.0 Å². The van der Waals surface area contributed by atoms with Crippen molar-refractivity contribution in [2.75, 3.05) is 6.61 Å². The highest BCUT2D eigenvalue weighted by atomic mass is 35.5. The van der Waals surface area contributed by atoms with Crippen molar-refractivity contribution >= 4 is 28.1 Å². The summed E-state index contributed by atoms with van der Waals surface area (Å²) in [6.45, 7) is 1.21. The Bertz CT molecular complexity index is 148. The molecule has 0 aromatic heterocycles. The van der Waals surface area contributed by atoms with Gasteiger partial charge < -0.3 is 9.29 Å². The molecule has 4 nitrogen and oxygen atoms in total. The monoisotopic (exact) mass is 185 g/mol. The summed E-state index contributed by atoms with van der Waals surface area (Å²) >= 11 is 2.55. The fourth-order valence-corrected chi connectivity index (χ4v) is 0.481. The molecule has 2 unspecified atom stereocenters. The Morgan fingerprint density at radius 2 is 2.40 bits per heavy atom. The van der Waals surface area contributed by atoms with Crippen LogP contribution in [0.1, 0.15) is 6.92 Å². The molecule has 0 radical (unpaired) electrons. The summed E-state index contributed by atoms with van der Waals surface area (Å²) in [5, 5.41) is -0.706. The standard InChI is InChI=1S/C4H7ClO4S/c1-3(10(7)8)2-9-4(5)6/h3H,2H2,1H3,(H,7,8)/p-1. The Morgan fingerprint density at radius 3 is 2.70 bits per heavy atom. The molecule has 6 heteroatoms. The third kappa shape index (κ3) is 4.72. The summed E-state index contributed by atoms with van der Waals surface area (Å²) in [4.78, 5) is 9.91. The molecule has 0 saturated heterocycles. The zero-order valence-corrected chi connectivity index (χ0v) is 6.78. The van der Waals surface area contributed by atoms with E-state index < -0.39 is 21.8 Å². The van der Waals surface area contributed by atoms with E-state index in [0.717, 1.165) is 0 Å². The lowest BCUT2D eigenvalue weighted by Crippen LogP contribution is -2.17. The smallest absolute Gasteiger partial charge is 0.403 e. The van der Waals surface area contributed by atoms with Crippen LogP contribution < -0.4 is 0 Å². The van der Waals surface area contributed by atoms with Gasteiger partial charge in [-0.05, 0) is 18.0 Å². The molecular weight excluding hydrogens is 180 g/mol. The summed E-state index contributed by atoms with van der Waals surface area (Å²) in [7, 11) is 0. The van der Waals surface area contributed by atoms with Crippen molar-refractivity contribution in [1.82, 2.24) is 0 Å². The van der Waals surface area contributed by atoms with E-state index in [-0.39, 0.29) is 6.61 Å². The van der Waals surface area contributed by atoms with Gasteiger partial charge in [0.05, 0.1) is 5.25 Å². The summed E-state index contributed by atoms with van der Waals surface area (Å²) in [5.41, 5.74) is -0.989. The molecule has 2 atom stereocenters. The van der Waals surface area contributed by atoms with Gasteiger partial charge in [-0.1, -0.05) is 0 Å². The molecule has 0 aliphatic rings. The van der Waals surface area contributed by atoms with Gasteiger partial charge in [0.2, 0.25) is 0 Å². The van der Waals surface area contributed by atoms with Crippen molar-refractivity contribution in [1.29, 1.82) is 0 Å². The molecule has 0 saturated carbocycles. The zero-order valence-electron chi connectivity index (χ0n) is 5.20. The molecule has 0 amide bonds. The summed E-state index contributed by atoms with van der Waals surface area (Å²) in [6, 6.07) is 0. The van der Waals surface area contributed by atoms with Crippen molar-refractivity contribution < 1.29 is 18.3 Å². The second-order valence-electron chi connectivity index (χ2n) is 1.62. The maximum Gasteiger partial charge on any atom is 0.403 e. The van der Waals surface area contributed by atoms with E-state index in [4.69, 9.17) is 11.6 Å². The SMILES string of the molecule is CC(COC(=O)Cl)S(=O)[O-]. The predicted octanol–water partition coefficient (Wildman–Crippen LogP) is 0.629. The van der Waals surface area contributed by atoms with E-state index in [9.17, 15) is 13.6 Å². The predicted molar refractivity (Wildman–Crippen MR) is 35.6 cm³/mol. The molecule has 0 heterocycles. The fourth-order valence-electron chi connectivity index (χ4n) is 0.238. The second kappa shape index (κ2) is 4.65. The minimum atomic E-state index is -2.21. The summed E-state index contributed by atoms with van der Waals surface area (Å²) in [5.74, 6) is 0. The molecule has 0 aromatic rings. The number of ether oxygens (including phenoxy) is 1. The van der Waals surface area contributed by atoms with Crippen molar-refractivity contribution in [3.8, 4) is 0 Å². The molecule has 0 aromatic carbocycles. The first-order chi connectivity index (χ1) is 4.54. The van der Waals surface area contributed by atoms with E-state index in [2.05, 4.69) is 4.74 Å². The van der Waals surface area contributed by atoms with Gasteiger partial charge in [0.15, 0.2) is 0 Å². The maximum absolute atomic E-state index is 10.1. The molecule has 10 heavy (non-hydrogen) atoms. The molecular formula is C4H6ClO4S-. The topological polar surface area (TPSA) is 66.4 Å². The molecule has 0 bridgehead atoms. The number of rotatable bonds is 3. The molecule has 0 aliphatic carbocycles. The Morgan fingerprint density at radius 1 is 1.90 bits per heavy atom. The molecule has 0 spiro atoms. The van der Waals surface area contributed by atoms with Crippen molar-refractivity contribution in [3.05, 3.63) is 0 Å². The van der Waals surface area contributed by atoms with E-state index >= 15 is 0 Å². The molecule has 0 rings (SSSR count). The van der Waals surface area contributed by atoms with Crippen molar-refractivity contribution in [2.24, 2.45) is 0 Å². The van der Waals surface area contributed by atoms with Crippen LogP contribution in [0, 0.1) is 0 Å². The Balaban J connectivity index is 3.49. The lowest BCUT2D eigenvalue weighted by atomic mass is 10.5. The van der Waals surface area contributed by atoms with E-state index in [1.165, 1.54) is 6.92 Å². The number of hydrogen-bond acceptors (Lipinski definition) is 4. The van der Waals surface area contributed by atoms with Crippen LogP contribution in [0.5, 0.6) is 0 Å². The van der Waals surface area contributed by atoms with Gasteiger partial charge in [-0.3, -0.25) is 4.21 Å². The van der Waals surface area contributed by atoms with Gasteiger partial charge in [0.25, 0.3) is 0 Å². The van der Waals surface area contributed by atoms with Gasteiger partial charge in [0, 0.05) is 11.6 Å². The van der Waals surface area contributed by atoms with E-state index in [1.54, 1.807) is 0 Å². The number of halogens is 1.